The number of carbonyl (C=O) groups excluding carboxylic acids is 3. The summed E-state index contributed by atoms with van der Waals surface area (Å²) in [6.45, 7) is 2.89. The molecular formula is C27H33N5O5. The fraction of sp³-hybridized carbons (Fsp3) is 0.333. The van der Waals surface area contributed by atoms with Gasteiger partial charge in [-0.15, -0.1) is 0 Å². The first-order valence-corrected chi connectivity index (χ1v) is 12.1. The highest BCUT2D eigenvalue weighted by molar-refractivity contribution is 5.94. The van der Waals surface area contributed by atoms with E-state index in [0.29, 0.717) is 0 Å². The number of carboxylic acid groups (broad SMARTS) is 1. The first kappa shape index (κ1) is 27.4. The van der Waals surface area contributed by atoms with E-state index < -0.39 is 48.4 Å². The first-order chi connectivity index (χ1) is 17.7. The Bertz CT molecular complexity index is 1240. The number of aromatic nitrogens is 1. The number of carbonyl (C=O) groups is 4. The molecule has 0 aliphatic rings. The molecule has 1 heterocycles. The molecule has 0 aliphatic heterocycles. The van der Waals surface area contributed by atoms with Gasteiger partial charge in [-0.3, -0.25) is 19.2 Å². The zero-order valence-electron chi connectivity index (χ0n) is 20.9. The van der Waals surface area contributed by atoms with Crippen molar-refractivity contribution in [2.45, 2.75) is 44.8 Å². The number of nitrogens with two attached hydrogens (primary N) is 1. The van der Waals surface area contributed by atoms with Crippen LogP contribution in [0, 0.1) is 5.92 Å². The third kappa shape index (κ3) is 7.65. The van der Waals surface area contributed by atoms with E-state index >= 15 is 0 Å². The molecule has 3 rings (SSSR count). The van der Waals surface area contributed by atoms with Crippen molar-refractivity contribution in [2.24, 2.45) is 11.7 Å². The molecule has 196 valence electrons. The van der Waals surface area contributed by atoms with Crippen LogP contribution in [0.25, 0.3) is 10.9 Å². The molecule has 0 aliphatic carbocycles. The second-order valence-electron chi connectivity index (χ2n) is 9.26. The molecule has 3 amide bonds. The summed E-state index contributed by atoms with van der Waals surface area (Å²) < 4.78 is 0. The second kappa shape index (κ2) is 12.7. The molecule has 3 atom stereocenters. The van der Waals surface area contributed by atoms with Gasteiger partial charge in [0.15, 0.2) is 0 Å². The number of nitrogens with one attached hydrogen (secondary N) is 4. The van der Waals surface area contributed by atoms with Crippen molar-refractivity contribution >= 4 is 34.6 Å². The minimum absolute atomic E-state index is 0.180. The zero-order chi connectivity index (χ0) is 26.9. The number of aliphatic carboxylic acids is 1. The molecule has 0 saturated heterocycles. The average molecular weight is 508 g/mol. The van der Waals surface area contributed by atoms with Crippen LogP contribution >= 0.6 is 0 Å². The maximum absolute atomic E-state index is 13.3. The number of amides is 3. The Labute approximate surface area is 215 Å². The van der Waals surface area contributed by atoms with E-state index in [1.54, 1.807) is 13.8 Å². The molecule has 2 aromatic carbocycles. The van der Waals surface area contributed by atoms with Crippen LogP contribution in [0.5, 0.6) is 0 Å². The van der Waals surface area contributed by atoms with Crippen LogP contribution < -0.4 is 21.7 Å². The second-order valence-corrected chi connectivity index (χ2v) is 9.26. The fourth-order valence-electron chi connectivity index (χ4n) is 4.03. The third-order valence-electron chi connectivity index (χ3n) is 6.03. The molecule has 0 fully saturated rings. The van der Waals surface area contributed by atoms with Crippen molar-refractivity contribution < 1.29 is 24.3 Å². The highest BCUT2D eigenvalue weighted by Crippen LogP contribution is 2.19. The number of hydrogen-bond acceptors (Lipinski definition) is 5. The standard InChI is InChI=1S/C27H33N5O5/c1-16(2)24(27(37)30-15-23(33)34)32-26(36)22(12-17-8-4-3-5-9-17)31-25(35)20(28)13-18-14-29-21-11-7-6-10-19(18)21/h3-11,14,16,20,22,24,29H,12-13,15,28H2,1-2H3,(H,30,37)(H,31,35)(H,32,36)(H,33,34). The Hall–Kier alpha value is -4.18. The number of para-hydroxylation sites is 1. The number of fused-ring (bicyclic) bond motifs is 1. The van der Waals surface area contributed by atoms with Gasteiger partial charge in [-0.25, -0.2) is 0 Å². The number of hydrogen-bond donors (Lipinski definition) is 6. The van der Waals surface area contributed by atoms with E-state index in [1.807, 2.05) is 60.8 Å². The third-order valence-corrected chi connectivity index (χ3v) is 6.03. The van der Waals surface area contributed by atoms with Gasteiger partial charge >= 0.3 is 5.97 Å². The van der Waals surface area contributed by atoms with Crippen LogP contribution in [0.15, 0.2) is 60.8 Å². The molecular weight excluding hydrogens is 474 g/mol. The van der Waals surface area contributed by atoms with E-state index in [2.05, 4.69) is 20.9 Å². The predicted molar refractivity (Wildman–Crippen MR) is 139 cm³/mol. The predicted octanol–water partition coefficient (Wildman–Crippen LogP) is 1.11. The highest BCUT2D eigenvalue weighted by atomic mass is 16.4. The van der Waals surface area contributed by atoms with Crippen molar-refractivity contribution in [3.63, 3.8) is 0 Å². The van der Waals surface area contributed by atoms with E-state index in [4.69, 9.17) is 10.8 Å². The van der Waals surface area contributed by atoms with Crippen LogP contribution in [-0.2, 0) is 32.0 Å². The quantitative estimate of drug-likeness (QED) is 0.215. The summed E-state index contributed by atoms with van der Waals surface area (Å²) in [4.78, 5) is 52.9. The minimum Gasteiger partial charge on any atom is -0.480 e. The van der Waals surface area contributed by atoms with Gasteiger partial charge in [-0.1, -0.05) is 62.4 Å². The normalized spacial score (nSPS) is 13.5. The summed E-state index contributed by atoms with van der Waals surface area (Å²) >= 11 is 0. The van der Waals surface area contributed by atoms with Crippen molar-refractivity contribution in [1.82, 2.24) is 20.9 Å². The summed E-state index contributed by atoms with van der Waals surface area (Å²) in [6, 6.07) is 13.9. The topological polar surface area (TPSA) is 166 Å². The molecule has 3 unspecified atom stereocenters. The summed E-state index contributed by atoms with van der Waals surface area (Å²) in [6.07, 6.45) is 2.26. The number of benzene rings is 2. The zero-order valence-corrected chi connectivity index (χ0v) is 20.9. The van der Waals surface area contributed by atoms with Crippen LogP contribution in [0.4, 0.5) is 0 Å². The number of rotatable bonds is 12. The lowest BCUT2D eigenvalue weighted by Crippen LogP contribution is -2.58. The number of H-pyrrole nitrogens is 1. The smallest absolute Gasteiger partial charge is 0.322 e. The highest BCUT2D eigenvalue weighted by Gasteiger charge is 2.30. The SMILES string of the molecule is CC(C)C(NC(=O)C(Cc1ccccc1)NC(=O)C(N)Cc1c[nH]c2ccccc12)C(=O)NCC(=O)O. The summed E-state index contributed by atoms with van der Waals surface area (Å²) in [5.74, 6) is -3.21. The van der Waals surface area contributed by atoms with Gasteiger partial charge in [0.2, 0.25) is 17.7 Å². The van der Waals surface area contributed by atoms with E-state index in [9.17, 15) is 19.2 Å². The molecule has 1 aromatic heterocycles. The van der Waals surface area contributed by atoms with Crippen molar-refractivity contribution in [2.75, 3.05) is 6.54 Å². The molecule has 37 heavy (non-hydrogen) atoms. The molecule has 10 heteroatoms. The van der Waals surface area contributed by atoms with Crippen LogP contribution in [0.3, 0.4) is 0 Å². The Balaban J connectivity index is 1.74. The molecule has 10 nitrogen and oxygen atoms in total. The van der Waals surface area contributed by atoms with Crippen molar-refractivity contribution in [1.29, 1.82) is 0 Å². The average Bonchev–Trinajstić information content (AvgIpc) is 3.28. The van der Waals surface area contributed by atoms with E-state index in [0.717, 1.165) is 22.0 Å². The van der Waals surface area contributed by atoms with E-state index in [1.165, 1.54) is 0 Å². The van der Waals surface area contributed by atoms with Gasteiger partial charge in [0.05, 0.1) is 6.04 Å². The van der Waals surface area contributed by atoms with Crippen LogP contribution in [0.2, 0.25) is 0 Å². The van der Waals surface area contributed by atoms with Gasteiger partial charge in [-0.05, 0) is 29.5 Å². The summed E-state index contributed by atoms with van der Waals surface area (Å²) in [5.41, 5.74) is 8.86. The Morgan fingerprint density at radius 2 is 1.57 bits per heavy atom. The number of aromatic amines is 1. The maximum atomic E-state index is 13.3. The first-order valence-electron chi connectivity index (χ1n) is 12.1. The lowest BCUT2D eigenvalue weighted by atomic mass is 10.00. The van der Waals surface area contributed by atoms with E-state index in [-0.39, 0.29) is 18.8 Å². The van der Waals surface area contributed by atoms with Gasteiger partial charge in [-0.2, -0.15) is 0 Å². The maximum Gasteiger partial charge on any atom is 0.322 e. The van der Waals surface area contributed by atoms with Gasteiger partial charge in [0, 0.05) is 23.5 Å². The lowest BCUT2D eigenvalue weighted by Gasteiger charge is -2.26. The van der Waals surface area contributed by atoms with Crippen molar-refractivity contribution in [3.05, 3.63) is 71.9 Å². The molecule has 7 N–H and O–H groups in total. The number of carboxylic acids is 1. The fourth-order valence-corrected chi connectivity index (χ4v) is 4.03. The Kier molecular flexibility index (Phi) is 9.39. The lowest BCUT2D eigenvalue weighted by molar-refractivity contribution is -0.139. The molecule has 0 bridgehead atoms. The summed E-state index contributed by atoms with van der Waals surface area (Å²) in [7, 11) is 0. The van der Waals surface area contributed by atoms with Gasteiger partial charge < -0.3 is 31.8 Å². The summed E-state index contributed by atoms with van der Waals surface area (Å²) in [5, 5.41) is 17.5. The monoisotopic (exact) mass is 507 g/mol. The minimum atomic E-state index is -1.19. The van der Waals surface area contributed by atoms with Crippen molar-refractivity contribution in [3.8, 4) is 0 Å². The van der Waals surface area contributed by atoms with Crippen LogP contribution in [-0.4, -0.2) is 58.5 Å². The van der Waals surface area contributed by atoms with Crippen LogP contribution in [0.1, 0.15) is 25.0 Å². The molecule has 0 spiro atoms. The molecule has 0 radical (unpaired) electrons. The van der Waals surface area contributed by atoms with Gasteiger partial charge in [0.1, 0.15) is 18.6 Å². The Morgan fingerprint density at radius 1 is 0.892 bits per heavy atom. The molecule has 0 saturated carbocycles. The molecule has 3 aromatic rings. The Morgan fingerprint density at radius 3 is 2.24 bits per heavy atom. The van der Waals surface area contributed by atoms with Gasteiger partial charge in [0.25, 0.3) is 0 Å². The largest absolute Gasteiger partial charge is 0.480 e.